The minimum absolute atomic E-state index is 0.214. The summed E-state index contributed by atoms with van der Waals surface area (Å²) in [5.74, 6) is -0.214. The Kier molecular flexibility index (Phi) is 3.98. The Morgan fingerprint density at radius 3 is 3.24 bits per heavy atom. The molecule has 0 aliphatic carbocycles. The molecule has 4 heteroatoms. The lowest BCUT2D eigenvalue weighted by molar-refractivity contribution is -0.140. The van der Waals surface area contributed by atoms with Gasteiger partial charge in [0.05, 0.1) is 6.61 Å². The number of hydrogen-bond acceptors (Lipinski definition) is 4. The van der Waals surface area contributed by atoms with Gasteiger partial charge in [0.15, 0.2) is 0 Å². The summed E-state index contributed by atoms with van der Waals surface area (Å²) in [5, 5.41) is 6.48. The summed E-state index contributed by atoms with van der Waals surface area (Å²) >= 11 is 0. The fourth-order valence-electron chi connectivity index (χ4n) is 2.06. The molecule has 0 fully saturated rings. The van der Waals surface area contributed by atoms with Crippen molar-refractivity contribution in [2.75, 3.05) is 25.0 Å². The fourth-order valence-corrected chi connectivity index (χ4v) is 2.06. The quantitative estimate of drug-likeness (QED) is 0.771. The van der Waals surface area contributed by atoms with Crippen LogP contribution in [-0.4, -0.2) is 25.7 Å². The van der Waals surface area contributed by atoms with Gasteiger partial charge in [-0.05, 0) is 37.1 Å². The molecule has 1 aromatic carbocycles. The zero-order valence-corrected chi connectivity index (χ0v) is 10.1. The van der Waals surface area contributed by atoms with Crippen molar-refractivity contribution in [3.05, 3.63) is 29.3 Å². The minimum atomic E-state index is -0.214. The summed E-state index contributed by atoms with van der Waals surface area (Å²) in [7, 11) is 0. The van der Waals surface area contributed by atoms with Gasteiger partial charge in [0.2, 0.25) is 0 Å². The molecule has 92 valence electrons. The van der Waals surface area contributed by atoms with Gasteiger partial charge in [0.1, 0.15) is 6.54 Å². The average Bonchev–Trinajstić information content (AvgIpc) is 2.36. The Morgan fingerprint density at radius 2 is 2.41 bits per heavy atom. The van der Waals surface area contributed by atoms with Crippen LogP contribution in [0.4, 0.5) is 5.69 Å². The Labute approximate surface area is 101 Å². The second-order valence-electron chi connectivity index (χ2n) is 4.03. The number of fused-ring (bicyclic) bond motifs is 1. The van der Waals surface area contributed by atoms with E-state index in [-0.39, 0.29) is 12.5 Å². The number of benzene rings is 1. The molecule has 0 aromatic heterocycles. The first-order valence-corrected chi connectivity index (χ1v) is 6.02. The molecule has 1 aromatic rings. The van der Waals surface area contributed by atoms with Crippen molar-refractivity contribution >= 4 is 11.7 Å². The molecule has 0 saturated heterocycles. The molecule has 0 bridgehead atoms. The monoisotopic (exact) mass is 234 g/mol. The van der Waals surface area contributed by atoms with E-state index in [9.17, 15) is 4.79 Å². The summed E-state index contributed by atoms with van der Waals surface area (Å²) in [6.45, 7) is 4.35. The molecule has 1 heterocycles. The molecule has 1 aliphatic rings. The molecule has 2 rings (SSSR count). The van der Waals surface area contributed by atoms with Crippen LogP contribution in [0.1, 0.15) is 18.1 Å². The van der Waals surface area contributed by atoms with Crippen LogP contribution in [0.3, 0.4) is 0 Å². The largest absolute Gasteiger partial charge is 0.465 e. The van der Waals surface area contributed by atoms with Gasteiger partial charge in [-0.15, -0.1) is 0 Å². The Hall–Kier alpha value is -1.55. The number of hydrogen-bond donors (Lipinski definition) is 2. The van der Waals surface area contributed by atoms with Gasteiger partial charge < -0.3 is 15.4 Å². The summed E-state index contributed by atoms with van der Waals surface area (Å²) < 4.78 is 4.89. The smallest absolute Gasteiger partial charge is 0.325 e. The summed E-state index contributed by atoms with van der Waals surface area (Å²) in [4.78, 5) is 11.3. The van der Waals surface area contributed by atoms with Gasteiger partial charge in [-0.3, -0.25) is 4.79 Å². The van der Waals surface area contributed by atoms with Crippen LogP contribution in [0, 0.1) is 0 Å². The number of carbonyl (C=O) groups is 1. The summed E-state index contributed by atoms with van der Waals surface area (Å²) in [6.07, 6.45) is 1.05. The number of ether oxygens (including phenoxy) is 1. The lowest BCUT2D eigenvalue weighted by atomic mass is 9.99. The van der Waals surface area contributed by atoms with Crippen LogP contribution in [0.2, 0.25) is 0 Å². The number of esters is 1. The molecule has 0 spiro atoms. The van der Waals surface area contributed by atoms with Gasteiger partial charge in [-0.25, -0.2) is 0 Å². The zero-order chi connectivity index (χ0) is 12.1. The third kappa shape index (κ3) is 2.97. The van der Waals surface area contributed by atoms with Crippen molar-refractivity contribution in [1.29, 1.82) is 0 Å². The lowest BCUT2D eigenvalue weighted by Crippen LogP contribution is -2.25. The van der Waals surface area contributed by atoms with Crippen molar-refractivity contribution < 1.29 is 9.53 Å². The van der Waals surface area contributed by atoms with Gasteiger partial charge >= 0.3 is 5.97 Å². The fraction of sp³-hybridized carbons (Fsp3) is 0.462. The molecule has 2 N–H and O–H groups in total. The minimum Gasteiger partial charge on any atom is -0.465 e. The average molecular weight is 234 g/mol. The van der Waals surface area contributed by atoms with Crippen molar-refractivity contribution in [2.45, 2.75) is 19.9 Å². The molecular weight excluding hydrogens is 216 g/mol. The van der Waals surface area contributed by atoms with E-state index in [1.54, 1.807) is 0 Å². The summed E-state index contributed by atoms with van der Waals surface area (Å²) in [6, 6.07) is 6.18. The van der Waals surface area contributed by atoms with Crippen molar-refractivity contribution in [3.63, 3.8) is 0 Å². The van der Waals surface area contributed by atoms with Crippen LogP contribution in [-0.2, 0) is 22.5 Å². The van der Waals surface area contributed by atoms with E-state index < -0.39 is 0 Å². The van der Waals surface area contributed by atoms with E-state index in [0.717, 1.165) is 25.2 Å². The molecule has 17 heavy (non-hydrogen) atoms. The number of carbonyl (C=O) groups excluding carboxylic acids is 1. The van der Waals surface area contributed by atoms with Crippen molar-refractivity contribution in [2.24, 2.45) is 0 Å². The SMILES string of the molecule is CCOC(=O)CNc1cccc2c1CNCC2. The molecule has 0 radical (unpaired) electrons. The second-order valence-corrected chi connectivity index (χ2v) is 4.03. The third-order valence-electron chi connectivity index (χ3n) is 2.87. The van der Waals surface area contributed by atoms with Crippen LogP contribution in [0.25, 0.3) is 0 Å². The van der Waals surface area contributed by atoms with Gasteiger partial charge in [-0.2, -0.15) is 0 Å². The van der Waals surface area contributed by atoms with E-state index >= 15 is 0 Å². The van der Waals surface area contributed by atoms with Crippen LogP contribution in [0.15, 0.2) is 18.2 Å². The van der Waals surface area contributed by atoms with Crippen molar-refractivity contribution in [3.8, 4) is 0 Å². The molecule has 0 saturated carbocycles. The molecule has 1 aliphatic heterocycles. The van der Waals surface area contributed by atoms with E-state index in [2.05, 4.69) is 16.7 Å². The van der Waals surface area contributed by atoms with Gasteiger partial charge in [-0.1, -0.05) is 12.1 Å². The van der Waals surface area contributed by atoms with Crippen LogP contribution in [0.5, 0.6) is 0 Å². The maximum atomic E-state index is 11.3. The molecule has 0 atom stereocenters. The third-order valence-corrected chi connectivity index (χ3v) is 2.87. The lowest BCUT2D eigenvalue weighted by Gasteiger charge is -2.20. The Balaban J connectivity index is 2.03. The highest BCUT2D eigenvalue weighted by Gasteiger charge is 2.12. The van der Waals surface area contributed by atoms with E-state index in [1.165, 1.54) is 11.1 Å². The highest BCUT2D eigenvalue weighted by atomic mass is 16.5. The normalized spacial score (nSPS) is 13.9. The highest BCUT2D eigenvalue weighted by molar-refractivity contribution is 5.75. The van der Waals surface area contributed by atoms with Crippen LogP contribution >= 0.6 is 0 Å². The molecular formula is C13H18N2O2. The molecule has 0 unspecified atom stereocenters. The Bertz CT molecular complexity index is 404. The van der Waals surface area contributed by atoms with Gasteiger partial charge in [0.25, 0.3) is 0 Å². The maximum absolute atomic E-state index is 11.3. The summed E-state index contributed by atoms with van der Waals surface area (Å²) in [5.41, 5.74) is 3.66. The standard InChI is InChI=1S/C13H18N2O2/c1-2-17-13(16)9-15-12-5-3-4-10-6-7-14-8-11(10)12/h3-5,14-15H,2,6-9H2,1H3. The molecule has 0 amide bonds. The predicted molar refractivity (Wildman–Crippen MR) is 67.0 cm³/mol. The Morgan fingerprint density at radius 1 is 1.53 bits per heavy atom. The number of nitrogens with one attached hydrogen (secondary N) is 2. The van der Waals surface area contributed by atoms with E-state index in [0.29, 0.717) is 6.61 Å². The van der Waals surface area contributed by atoms with E-state index in [4.69, 9.17) is 4.74 Å². The van der Waals surface area contributed by atoms with Crippen molar-refractivity contribution in [1.82, 2.24) is 5.32 Å². The number of rotatable bonds is 4. The predicted octanol–water partition coefficient (Wildman–Crippen LogP) is 1.31. The first kappa shape index (κ1) is 11.9. The zero-order valence-electron chi connectivity index (χ0n) is 10.1. The number of anilines is 1. The first-order chi connectivity index (χ1) is 8.31. The maximum Gasteiger partial charge on any atom is 0.325 e. The topological polar surface area (TPSA) is 50.4 Å². The molecule has 4 nitrogen and oxygen atoms in total. The second kappa shape index (κ2) is 5.68. The highest BCUT2D eigenvalue weighted by Crippen LogP contribution is 2.22. The van der Waals surface area contributed by atoms with Gasteiger partial charge in [0, 0.05) is 12.2 Å². The van der Waals surface area contributed by atoms with Crippen LogP contribution < -0.4 is 10.6 Å². The van der Waals surface area contributed by atoms with E-state index in [1.807, 2.05) is 19.1 Å². The first-order valence-electron chi connectivity index (χ1n) is 6.02.